The number of hydrogen-bond donors (Lipinski definition) is 2. The molecular formula is C44H30N4O2P+. The van der Waals surface area contributed by atoms with E-state index >= 15 is 0 Å². The van der Waals surface area contributed by atoms with E-state index in [2.05, 4.69) is 0 Å². The molecule has 6 bridgehead atoms. The van der Waals surface area contributed by atoms with Gasteiger partial charge in [-0.05, 0) is 70.8 Å². The van der Waals surface area contributed by atoms with Gasteiger partial charge in [0.05, 0.1) is 44.9 Å². The van der Waals surface area contributed by atoms with Gasteiger partial charge >= 0.3 is 8.02 Å². The molecule has 6 nitrogen and oxygen atoms in total. The molecule has 6 heterocycles. The topological polar surface area (TPSA) is 75.0 Å². The number of fused-ring (bicyclic) bond motifs is 2. The first-order chi connectivity index (χ1) is 25.1. The van der Waals surface area contributed by atoms with Gasteiger partial charge in [0.25, 0.3) is 0 Å². The highest BCUT2D eigenvalue weighted by molar-refractivity contribution is 7.61. The molecule has 0 aliphatic carbocycles. The zero-order valence-corrected chi connectivity index (χ0v) is 28.2. The molecule has 0 unspecified atom stereocenters. The van der Waals surface area contributed by atoms with Gasteiger partial charge in [0.15, 0.2) is 0 Å². The third-order valence-corrected chi connectivity index (χ3v) is 11.8. The number of rotatable bonds is 4. The van der Waals surface area contributed by atoms with Gasteiger partial charge in [0.1, 0.15) is 0 Å². The van der Waals surface area contributed by atoms with Crippen LogP contribution in [-0.2, 0) is 0 Å². The molecule has 6 aromatic rings. The molecule has 0 saturated carbocycles. The largest absolute Gasteiger partial charge is 0.492 e. The van der Waals surface area contributed by atoms with E-state index in [0.29, 0.717) is 22.1 Å². The molecule has 2 aromatic heterocycles. The lowest BCUT2D eigenvalue weighted by Gasteiger charge is -2.24. The van der Waals surface area contributed by atoms with Gasteiger partial charge < -0.3 is 0 Å². The van der Waals surface area contributed by atoms with Crippen molar-refractivity contribution in [1.82, 2.24) is 8.68 Å². The molecule has 242 valence electrons. The van der Waals surface area contributed by atoms with Crippen LogP contribution in [0.2, 0.25) is 0 Å². The molecule has 0 spiro atoms. The third kappa shape index (κ3) is 4.55. The van der Waals surface area contributed by atoms with E-state index in [4.69, 9.17) is 9.98 Å². The van der Waals surface area contributed by atoms with Crippen molar-refractivity contribution < 1.29 is 9.79 Å². The van der Waals surface area contributed by atoms with Crippen LogP contribution in [0.3, 0.4) is 0 Å². The Bertz CT molecular complexity index is 2550. The number of aromatic nitrogens is 2. The van der Waals surface area contributed by atoms with E-state index in [1.165, 1.54) is 0 Å². The molecule has 0 amide bonds. The lowest BCUT2D eigenvalue weighted by Crippen LogP contribution is -2.36. The van der Waals surface area contributed by atoms with E-state index in [1.54, 1.807) is 8.68 Å². The van der Waals surface area contributed by atoms with Gasteiger partial charge in [0, 0.05) is 22.3 Å². The quantitative estimate of drug-likeness (QED) is 0.192. The fraction of sp³-hybridized carbons (Fsp3) is 0. The third-order valence-electron chi connectivity index (χ3n) is 9.83. The highest BCUT2D eigenvalue weighted by Crippen LogP contribution is 2.57. The van der Waals surface area contributed by atoms with Gasteiger partial charge in [0.2, 0.25) is 0 Å². The standard InChI is InChI=1S/C44H30N4O2P/c49-51(50)47-37-25-26-38(47)43(31-17-9-3-10-18-31)35-23-24-36(46-35)44(32-19-11-4-12-20-32)40-28-27-39(48(40)51)42(30-15-7-2-8-16-30)34-22-21-33(45-34)41(37)29-13-5-1-6-14-29/h1-28,49-50H/q+1. The second-order valence-corrected chi connectivity index (χ2v) is 14.6. The minimum Gasteiger partial charge on any atom is -0.248 e. The zero-order chi connectivity index (χ0) is 34.1. The van der Waals surface area contributed by atoms with E-state index < -0.39 is 8.02 Å². The SMILES string of the molecule is O[P+]1(O)n2c3ccc2C(c2ccccc2)=C2C=CC(=N2)C(c2ccccc2)=c2ccc(n21)=C(c1ccccc1)C1=NC(=C3c2ccccc2)C=C1. The average molecular weight is 678 g/mol. The Morgan fingerprint density at radius 1 is 0.373 bits per heavy atom. The van der Waals surface area contributed by atoms with Crippen molar-refractivity contribution in [3.05, 3.63) is 226 Å². The Balaban J connectivity index is 1.48. The maximum absolute atomic E-state index is 13.4. The summed E-state index contributed by atoms with van der Waals surface area (Å²) in [4.78, 5) is 37.4. The summed E-state index contributed by atoms with van der Waals surface area (Å²) >= 11 is 0. The number of allylic oxidation sites excluding steroid dienone is 4. The fourth-order valence-electron chi connectivity index (χ4n) is 7.69. The summed E-state index contributed by atoms with van der Waals surface area (Å²) in [5.74, 6) is 0. The van der Waals surface area contributed by atoms with E-state index in [1.807, 2.05) is 170 Å². The van der Waals surface area contributed by atoms with Crippen LogP contribution in [0.25, 0.3) is 22.3 Å². The molecule has 0 radical (unpaired) electrons. The van der Waals surface area contributed by atoms with Crippen LogP contribution in [0.4, 0.5) is 0 Å². The van der Waals surface area contributed by atoms with Gasteiger partial charge in [-0.25, -0.2) is 9.98 Å². The molecule has 4 aromatic carbocycles. The summed E-state index contributed by atoms with van der Waals surface area (Å²) in [7, 11) is -4.35. The fourth-order valence-corrected chi connectivity index (χ4v) is 9.69. The Labute approximate surface area is 295 Å². The van der Waals surface area contributed by atoms with Crippen LogP contribution in [0, 0.1) is 0 Å². The van der Waals surface area contributed by atoms with Gasteiger partial charge in [-0.2, -0.15) is 9.79 Å². The minimum atomic E-state index is -4.35. The Morgan fingerprint density at radius 3 is 1.10 bits per heavy atom. The summed E-state index contributed by atoms with van der Waals surface area (Å²) in [6.07, 6.45) is 8.16. The number of nitrogens with zero attached hydrogens (tertiary/aromatic N) is 4. The summed E-state index contributed by atoms with van der Waals surface area (Å²) in [6.45, 7) is 0. The van der Waals surface area contributed by atoms with Gasteiger partial charge in [-0.1, -0.05) is 121 Å². The minimum absolute atomic E-state index is 0.648. The molecule has 51 heavy (non-hydrogen) atoms. The predicted molar refractivity (Wildman–Crippen MR) is 206 cm³/mol. The summed E-state index contributed by atoms with van der Waals surface area (Å²) in [6, 6.07) is 48.3. The maximum atomic E-state index is 13.4. The second kappa shape index (κ2) is 11.4. The lowest BCUT2D eigenvalue weighted by molar-refractivity contribution is 0.418. The molecule has 10 rings (SSSR count). The molecule has 4 aliphatic rings. The second-order valence-electron chi connectivity index (χ2n) is 12.8. The van der Waals surface area contributed by atoms with Crippen LogP contribution >= 0.6 is 8.02 Å². The molecular weight excluding hydrogens is 647 g/mol. The van der Waals surface area contributed by atoms with Gasteiger partial charge in [-0.3, -0.25) is 0 Å². The first kappa shape index (κ1) is 29.7. The highest BCUT2D eigenvalue weighted by atomic mass is 31.2. The van der Waals surface area contributed by atoms with Crippen molar-refractivity contribution >= 4 is 41.7 Å². The van der Waals surface area contributed by atoms with Crippen molar-refractivity contribution in [2.45, 2.75) is 0 Å². The average Bonchev–Trinajstić information content (AvgIpc) is 4.00. The van der Waals surface area contributed by atoms with Crippen LogP contribution in [0.1, 0.15) is 33.6 Å². The van der Waals surface area contributed by atoms with Crippen LogP contribution in [-0.4, -0.2) is 29.9 Å². The van der Waals surface area contributed by atoms with Crippen LogP contribution in [0.5, 0.6) is 0 Å². The first-order valence-corrected chi connectivity index (χ1v) is 18.5. The van der Waals surface area contributed by atoms with Crippen molar-refractivity contribution in [3.63, 3.8) is 0 Å². The predicted octanol–water partition coefficient (Wildman–Crippen LogP) is 7.31. The normalized spacial score (nSPS) is 16.8. The van der Waals surface area contributed by atoms with Crippen molar-refractivity contribution in [1.29, 1.82) is 0 Å². The molecule has 0 saturated heterocycles. The smallest absolute Gasteiger partial charge is 0.248 e. The molecule has 0 fully saturated rings. The van der Waals surface area contributed by atoms with Crippen LogP contribution in [0.15, 0.2) is 191 Å². The Hall–Kier alpha value is -6.17. The lowest BCUT2D eigenvalue weighted by atomic mass is 10.0. The van der Waals surface area contributed by atoms with Crippen LogP contribution < -0.4 is 10.7 Å². The first-order valence-electron chi connectivity index (χ1n) is 16.9. The molecule has 4 aliphatic heterocycles. The number of benzene rings is 4. The number of aliphatic imine (C=N–C) groups is 2. The molecule has 2 N–H and O–H groups in total. The van der Waals surface area contributed by atoms with Crippen molar-refractivity contribution in [2.75, 3.05) is 0 Å². The summed E-state index contributed by atoms with van der Waals surface area (Å²) in [5.41, 5.74) is 11.2. The van der Waals surface area contributed by atoms with E-state index in [9.17, 15) is 9.79 Å². The number of hydrogen-bond acceptors (Lipinski definition) is 4. The summed E-state index contributed by atoms with van der Waals surface area (Å²) in [5, 5.41) is 1.30. The van der Waals surface area contributed by atoms with Gasteiger partial charge in [-0.15, -0.1) is 8.68 Å². The maximum Gasteiger partial charge on any atom is 0.492 e. The summed E-state index contributed by atoms with van der Waals surface area (Å²) < 4.78 is 3.52. The Kier molecular flexibility index (Phi) is 6.67. The monoisotopic (exact) mass is 677 g/mol. The van der Waals surface area contributed by atoms with Crippen molar-refractivity contribution in [3.8, 4) is 0 Å². The van der Waals surface area contributed by atoms with E-state index in [-0.39, 0.29) is 0 Å². The molecule has 0 atom stereocenters. The van der Waals surface area contributed by atoms with Crippen molar-refractivity contribution in [2.24, 2.45) is 9.98 Å². The highest BCUT2D eigenvalue weighted by Gasteiger charge is 2.48. The molecule has 7 heteroatoms. The zero-order valence-electron chi connectivity index (χ0n) is 27.3. The Morgan fingerprint density at radius 2 is 0.725 bits per heavy atom. The van der Waals surface area contributed by atoms with E-state index in [0.717, 1.165) is 67.4 Å².